The van der Waals surface area contributed by atoms with Crippen LogP contribution in [0.3, 0.4) is 0 Å². The fourth-order valence-electron chi connectivity index (χ4n) is 2.03. The van der Waals surface area contributed by atoms with E-state index < -0.39 is 11.6 Å². The van der Waals surface area contributed by atoms with Gasteiger partial charge in [-0.25, -0.2) is 8.78 Å². The number of halogens is 4. The van der Waals surface area contributed by atoms with Gasteiger partial charge in [-0.2, -0.15) is 0 Å². The summed E-state index contributed by atoms with van der Waals surface area (Å²) in [5.41, 5.74) is 1.05. The van der Waals surface area contributed by atoms with Gasteiger partial charge in [0, 0.05) is 21.8 Å². The largest absolute Gasteiger partial charge is 0.207 e. The zero-order valence-electron chi connectivity index (χ0n) is 10.0. The van der Waals surface area contributed by atoms with E-state index >= 15 is 0 Å². The zero-order chi connectivity index (χ0) is 13.8. The molecular weight excluding hydrogens is 334 g/mol. The van der Waals surface area contributed by atoms with Crippen molar-refractivity contribution in [3.8, 4) is 0 Å². The molecule has 0 spiro atoms. The third kappa shape index (κ3) is 3.34. The molecule has 2 aromatic carbocycles. The maximum Gasteiger partial charge on any atom is 0.129 e. The monoisotopic (exact) mass is 344 g/mol. The minimum atomic E-state index is -0.526. The molecule has 0 radical (unpaired) electrons. The fourth-order valence-corrected chi connectivity index (χ4v) is 2.91. The zero-order valence-corrected chi connectivity index (χ0v) is 12.4. The van der Waals surface area contributed by atoms with Gasteiger partial charge in [0.25, 0.3) is 0 Å². The quantitative estimate of drug-likeness (QED) is 0.660. The normalized spacial score (nSPS) is 12.4. The van der Waals surface area contributed by atoms with Crippen LogP contribution in [0, 0.1) is 11.6 Å². The lowest BCUT2D eigenvalue weighted by atomic mass is 9.93. The molecule has 0 bridgehead atoms. The van der Waals surface area contributed by atoms with Gasteiger partial charge in [0.2, 0.25) is 0 Å². The van der Waals surface area contributed by atoms with E-state index in [1.54, 1.807) is 0 Å². The van der Waals surface area contributed by atoms with E-state index in [1.807, 2.05) is 24.3 Å². The van der Waals surface area contributed by atoms with Crippen molar-refractivity contribution in [3.05, 3.63) is 69.7 Å². The molecule has 0 aliphatic carbocycles. The molecule has 0 fully saturated rings. The van der Waals surface area contributed by atoms with Crippen molar-refractivity contribution >= 4 is 27.5 Å². The van der Waals surface area contributed by atoms with E-state index in [-0.39, 0.29) is 17.9 Å². The number of alkyl halides is 1. The van der Waals surface area contributed by atoms with Crippen LogP contribution in [-0.4, -0.2) is 5.88 Å². The lowest BCUT2D eigenvalue weighted by Crippen LogP contribution is -2.08. The lowest BCUT2D eigenvalue weighted by molar-refractivity contribution is 0.544. The first kappa shape index (κ1) is 14.5. The highest BCUT2D eigenvalue weighted by Gasteiger charge is 2.18. The van der Waals surface area contributed by atoms with Gasteiger partial charge in [0.15, 0.2) is 0 Å². The smallest absolute Gasteiger partial charge is 0.129 e. The van der Waals surface area contributed by atoms with Crippen LogP contribution in [0.2, 0.25) is 0 Å². The molecule has 0 nitrogen and oxygen atoms in total. The van der Waals surface area contributed by atoms with E-state index in [2.05, 4.69) is 15.9 Å². The van der Waals surface area contributed by atoms with Crippen molar-refractivity contribution in [1.82, 2.24) is 0 Å². The van der Waals surface area contributed by atoms with Crippen LogP contribution in [0.25, 0.3) is 0 Å². The van der Waals surface area contributed by atoms with Crippen LogP contribution >= 0.6 is 27.5 Å². The maximum atomic E-state index is 13.7. The topological polar surface area (TPSA) is 0 Å². The Kier molecular flexibility index (Phi) is 4.94. The summed E-state index contributed by atoms with van der Waals surface area (Å²) in [4.78, 5) is 0. The molecule has 0 aromatic heterocycles. The molecule has 2 rings (SSSR count). The molecule has 0 saturated carbocycles. The number of hydrogen-bond acceptors (Lipinski definition) is 0. The average molecular weight is 346 g/mol. The number of benzene rings is 2. The molecule has 1 unspecified atom stereocenters. The molecule has 4 heteroatoms. The summed E-state index contributed by atoms with van der Waals surface area (Å²) < 4.78 is 28.2. The van der Waals surface area contributed by atoms with Crippen LogP contribution in [0.5, 0.6) is 0 Å². The second-order valence-corrected chi connectivity index (χ2v) is 5.44. The predicted molar refractivity (Wildman–Crippen MR) is 77.7 cm³/mol. The molecule has 0 saturated heterocycles. The van der Waals surface area contributed by atoms with Crippen LogP contribution in [0.15, 0.2) is 46.9 Å². The van der Waals surface area contributed by atoms with Gasteiger partial charge < -0.3 is 0 Å². The van der Waals surface area contributed by atoms with Crippen molar-refractivity contribution in [2.75, 3.05) is 5.88 Å². The summed E-state index contributed by atoms with van der Waals surface area (Å²) in [6.45, 7) is 0. The summed E-state index contributed by atoms with van der Waals surface area (Å²) in [6.07, 6.45) is 0.241. The predicted octanol–water partition coefficient (Wildman–Crippen LogP) is 5.29. The van der Waals surface area contributed by atoms with E-state index in [0.29, 0.717) is 5.88 Å². The molecule has 19 heavy (non-hydrogen) atoms. The summed E-state index contributed by atoms with van der Waals surface area (Å²) in [5, 5.41) is 0. The van der Waals surface area contributed by atoms with Crippen molar-refractivity contribution in [2.45, 2.75) is 12.3 Å². The molecule has 0 aliphatic heterocycles. The van der Waals surface area contributed by atoms with Gasteiger partial charge in [-0.1, -0.05) is 40.2 Å². The Balaban J connectivity index is 2.32. The van der Waals surface area contributed by atoms with Crippen LogP contribution in [0.1, 0.15) is 17.0 Å². The minimum absolute atomic E-state index is 0.0869. The number of hydrogen-bond donors (Lipinski definition) is 0. The van der Waals surface area contributed by atoms with Crippen LogP contribution < -0.4 is 0 Å². The van der Waals surface area contributed by atoms with E-state index in [9.17, 15) is 8.78 Å². The van der Waals surface area contributed by atoms with E-state index in [1.165, 1.54) is 18.2 Å². The van der Waals surface area contributed by atoms with Crippen molar-refractivity contribution < 1.29 is 8.78 Å². The molecule has 0 N–H and O–H groups in total. The SMILES string of the molecule is Fc1cccc(F)c1CC(CCl)c1ccccc1Br. The summed E-state index contributed by atoms with van der Waals surface area (Å²) in [5.74, 6) is -0.885. The van der Waals surface area contributed by atoms with Gasteiger partial charge in [-0.05, 0) is 30.2 Å². The van der Waals surface area contributed by atoms with Gasteiger partial charge in [-0.3, -0.25) is 0 Å². The molecular formula is C15H12BrClF2. The Morgan fingerprint density at radius 2 is 1.63 bits per heavy atom. The summed E-state index contributed by atoms with van der Waals surface area (Å²) in [6, 6.07) is 11.5. The standard InChI is InChI=1S/C15H12BrClF2/c16-13-5-2-1-4-11(13)10(9-17)8-12-14(18)6-3-7-15(12)19/h1-7,10H,8-9H2. The second-order valence-electron chi connectivity index (χ2n) is 4.28. The third-order valence-corrected chi connectivity index (χ3v) is 4.14. The highest BCUT2D eigenvalue weighted by molar-refractivity contribution is 9.10. The van der Waals surface area contributed by atoms with E-state index in [0.717, 1.165) is 10.0 Å². The molecule has 1 atom stereocenters. The number of rotatable bonds is 4. The van der Waals surface area contributed by atoms with Crippen LogP contribution in [0.4, 0.5) is 8.78 Å². The first-order chi connectivity index (χ1) is 9.13. The fraction of sp³-hybridized carbons (Fsp3) is 0.200. The summed E-state index contributed by atoms with van der Waals surface area (Å²) in [7, 11) is 0. The van der Waals surface area contributed by atoms with Crippen molar-refractivity contribution in [2.24, 2.45) is 0 Å². The van der Waals surface area contributed by atoms with Crippen molar-refractivity contribution in [3.63, 3.8) is 0 Å². The Labute approximate surface area is 124 Å². The Morgan fingerprint density at radius 3 is 2.21 bits per heavy atom. The Hall–Kier alpha value is -0.930. The molecule has 0 aliphatic rings. The molecule has 0 heterocycles. The lowest BCUT2D eigenvalue weighted by Gasteiger charge is -2.17. The van der Waals surface area contributed by atoms with Gasteiger partial charge >= 0.3 is 0 Å². The van der Waals surface area contributed by atoms with Crippen molar-refractivity contribution in [1.29, 1.82) is 0 Å². The van der Waals surface area contributed by atoms with E-state index in [4.69, 9.17) is 11.6 Å². The highest BCUT2D eigenvalue weighted by atomic mass is 79.9. The first-order valence-electron chi connectivity index (χ1n) is 5.86. The first-order valence-corrected chi connectivity index (χ1v) is 7.19. The van der Waals surface area contributed by atoms with Gasteiger partial charge in [0.05, 0.1) is 0 Å². The van der Waals surface area contributed by atoms with Gasteiger partial charge in [0.1, 0.15) is 11.6 Å². The Bertz CT molecular complexity index is 552. The molecule has 100 valence electrons. The maximum absolute atomic E-state index is 13.7. The van der Waals surface area contributed by atoms with Gasteiger partial charge in [-0.15, -0.1) is 11.6 Å². The molecule has 2 aromatic rings. The third-order valence-electron chi connectivity index (χ3n) is 3.04. The summed E-state index contributed by atoms with van der Waals surface area (Å²) >= 11 is 9.40. The van der Waals surface area contributed by atoms with Crippen LogP contribution in [-0.2, 0) is 6.42 Å². The molecule has 0 amide bonds. The average Bonchev–Trinajstić information content (AvgIpc) is 2.40. The highest BCUT2D eigenvalue weighted by Crippen LogP contribution is 2.30. The second kappa shape index (κ2) is 6.49. The minimum Gasteiger partial charge on any atom is -0.207 e. The Morgan fingerprint density at radius 1 is 1.00 bits per heavy atom.